The Morgan fingerprint density at radius 2 is 1.97 bits per heavy atom. The van der Waals surface area contributed by atoms with E-state index in [-0.39, 0.29) is 29.7 Å². The van der Waals surface area contributed by atoms with E-state index in [0.29, 0.717) is 13.0 Å². The largest absolute Gasteiger partial charge is 0.416 e. The molecule has 0 saturated heterocycles. The molecule has 0 aliphatic carbocycles. The van der Waals surface area contributed by atoms with Crippen LogP contribution in [-0.4, -0.2) is 34.0 Å². The number of aromatic nitrogens is 2. The fourth-order valence-electron chi connectivity index (χ4n) is 3.61. The summed E-state index contributed by atoms with van der Waals surface area (Å²) in [6.07, 6.45) is -3.91. The van der Waals surface area contributed by atoms with E-state index in [4.69, 9.17) is 4.52 Å². The van der Waals surface area contributed by atoms with Crippen LogP contribution in [0.4, 0.5) is 13.2 Å². The molecule has 1 aliphatic heterocycles. The second-order valence-corrected chi connectivity index (χ2v) is 7.10. The number of fused-ring (bicyclic) bond motifs is 1. The quantitative estimate of drug-likeness (QED) is 0.706. The summed E-state index contributed by atoms with van der Waals surface area (Å²) in [7, 11) is 1.58. The van der Waals surface area contributed by atoms with Gasteiger partial charge in [0.1, 0.15) is 0 Å². The van der Waals surface area contributed by atoms with E-state index >= 15 is 0 Å². The van der Waals surface area contributed by atoms with Crippen molar-refractivity contribution in [3.63, 3.8) is 0 Å². The Morgan fingerprint density at radius 3 is 2.70 bits per heavy atom. The van der Waals surface area contributed by atoms with E-state index in [9.17, 15) is 18.0 Å². The van der Waals surface area contributed by atoms with Gasteiger partial charge in [-0.05, 0) is 29.7 Å². The van der Waals surface area contributed by atoms with E-state index in [1.165, 1.54) is 12.1 Å². The topological polar surface area (TPSA) is 71.3 Å². The van der Waals surface area contributed by atoms with Crippen LogP contribution in [-0.2, 0) is 30.5 Å². The second kappa shape index (κ2) is 7.91. The summed E-state index contributed by atoms with van der Waals surface area (Å²) < 4.78 is 44.2. The van der Waals surface area contributed by atoms with E-state index in [1.54, 1.807) is 7.05 Å². The Balaban J connectivity index is 1.57. The highest BCUT2D eigenvalue weighted by Crippen LogP contribution is 2.31. The lowest BCUT2D eigenvalue weighted by molar-refractivity contribution is -0.137. The lowest BCUT2D eigenvalue weighted by atomic mass is 9.93. The van der Waals surface area contributed by atoms with Crippen molar-refractivity contribution < 1.29 is 22.5 Å². The fraction of sp³-hybridized carbons (Fsp3) is 0.286. The molecule has 1 N–H and O–H groups in total. The van der Waals surface area contributed by atoms with Gasteiger partial charge >= 0.3 is 6.18 Å². The molecule has 3 aromatic rings. The highest BCUT2D eigenvalue weighted by Gasteiger charge is 2.33. The summed E-state index contributed by atoms with van der Waals surface area (Å²) >= 11 is 0. The molecular formula is C21H19F3N4O2. The maximum Gasteiger partial charge on any atom is 0.416 e. The molecular weight excluding hydrogens is 397 g/mol. The van der Waals surface area contributed by atoms with Gasteiger partial charge in [-0.3, -0.25) is 9.69 Å². The third kappa shape index (κ3) is 4.06. The van der Waals surface area contributed by atoms with Crippen molar-refractivity contribution in [3.8, 4) is 11.4 Å². The number of halogens is 3. The molecule has 2 aromatic carbocycles. The summed E-state index contributed by atoms with van der Waals surface area (Å²) in [5.41, 5.74) is 1.65. The molecule has 30 heavy (non-hydrogen) atoms. The SMILES string of the molecule is CNC(=O)[C@H]1Cc2ccccc2CN1Cc1nc(-c2cccc(C(F)(F)F)c2)no1. The Kier molecular flexibility index (Phi) is 5.29. The molecule has 2 heterocycles. The van der Waals surface area contributed by atoms with Crippen LogP contribution in [0.25, 0.3) is 11.4 Å². The van der Waals surface area contributed by atoms with Gasteiger partial charge in [-0.1, -0.05) is 41.6 Å². The maximum atomic E-state index is 13.0. The van der Waals surface area contributed by atoms with Crippen LogP contribution in [0, 0.1) is 0 Å². The minimum absolute atomic E-state index is 0.0741. The molecule has 0 bridgehead atoms. The molecule has 0 fully saturated rings. The van der Waals surface area contributed by atoms with E-state index in [1.807, 2.05) is 29.2 Å². The molecule has 0 unspecified atom stereocenters. The zero-order valence-corrected chi connectivity index (χ0v) is 16.1. The molecule has 0 spiro atoms. The smallest absolute Gasteiger partial charge is 0.358 e. The van der Waals surface area contributed by atoms with Crippen molar-refractivity contribution in [2.45, 2.75) is 31.7 Å². The molecule has 6 nitrogen and oxygen atoms in total. The number of alkyl halides is 3. The first-order valence-electron chi connectivity index (χ1n) is 9.38. The Morgan fingerprint density at radius 1 is 1.20 bits per heavy atom. The first-order valence-corrected chi connectivity index (χ1v) is 9.38. The van der Waals surface area contributed by atoms with Gasteiger partial charge in [0.15, 0.2) is 0 Å². The first kappa shape index (κ1) is 20.1. The van der Waals surface area contributed by atoms with Gasteiger partial charge in [0.2, 0.25) is 17.6 Å². The average Bonchev–Trinajstić information content (AvgIpc) is 3.21. The molecule has 1 amide bonds. The zero-order valence-electron chi connectivity index (χ0n) is 16.1. The van der Waals surface area contributed by atoms with E-state index in [0.717, 1.165) is 23.3 Å². The van der Waals surface area contributed by atoms with Gasteiger partial charge in [0.05, 0.1) is 18.2 Å². The lowest BCUT2D eigenvalue weighted by Gasteiger charge is -2.34. The molecule has 1 aromatic heterocycles. The van der Waals surface area contributed by atoms with Crippen LogP contribution in [0.2, 0.25) is 0 Å². The number of likely N-dealkylation sites (N-methyl/N-ethyl adjacent to an activating group) is 1. The predicted molar refractivity (Wildman–Crippen MR) is 102 cm³/mol. The normalized spacial score (nSPS) is 16.9. The highest BCUT2D eigenvalue weighted by atomic mass is 19.4. The minimum atomic E-state index is -4.45. The van der Waals surface area contributed by atoms with Gasteiger partial charge < -0.3 is 9.84 Å². The number of nitrogens with one attached hydrogen (secondary N) is 1. The van der Waals surface area contributed by atoms with Gasteiger partial charge in [0, 0.05) is 19.2 Å². The number of nitrogens with zero attached hydrogens (tertiary/aromatic N) is 3. The van der Waals surface area contributed by atoms with Gasteiger partial charge in [-0.15, -0.1) is 0 Å². The maximum absolute atomic E-state index is 13.0. The van der Waals surface area contributed by atoms with Crippen LogP contribution >= 0.6 is 0 Å². The van der Waals surface area contributed by atoms with Crippen LogP contribution in [0.1, 0.15) is 22.6 Å². The van der Waals surface area contributed by atoms with E-state index < -0.39 is 17.8 Å². The minimum Gasteiger partial charge on any atom is -0.358 e. The van der Waals surface area contributed by atoms with E-state index in [2.05, 4.69) is 15.5 Å². The molecule has 0 radical (unpaired) electrons. The van der Waals surface area contributed by atoms with Crippen molar-refractivity contribution in [1.82, 2.24) is 20.4 Å². The van der Waals surface area contributed by atoms with Crippen LogP contribution in [0.3, 0.4) is 0 Å². The Labute approximate surface area is 170 Å². The summed E-state index contributed by atoms with van der Waals surface area (Å²) in [6.45, 7) is 0.730. The number of amides is 1. The highest BCUT2D eigenvalue weighted by molar-refractivity contribution is 5.82. The van der Waals surface area contributed by atoms with Crippen molar-refractivity contribution in [1.29, 1.82) is 0 Å². The number of rotatable bonds is 4. The molecule has 0 saturated carbocycles. The molecule has 4 rings (SSSR count). The third-order valence-electron chi connectivity index (χ3n) is 5.15. The number of benzene rings is 2. The fourth-order valence-corrected chi connectivity index (χ4v) is 3.61. The monoisotopic (exact) mass is 416 g/mol. The number of carbonyl (C=O) groups is 1. The number of hydrogen-bond donors (Lipinski definition) is 1. The van der Waals surface area contributed by atoms with Gasteiger partial charge in [-0.2, -0.15) is 18.2 Å². The number of hydrogen-bond acceptors (Lipinski definition) is 5. The summed E-state index contributed by atoms with van der Waals surface area (Å²) in [5.74, 6) is 0.183. The summed E-state index contributed by atoms with van der Waals surface area (Å²) in [6, 6.07) is 12.2. The van der Waals surface area contributed by atoms with Crippen LogP contribution < -0.4 is 5.32 Å². The lowest BCUT2D eigenvalue weighted by Crippen LogP contribution is -2.49. The van der Waals surface area contributed by atoms with Gasteiger partial charge in [0.25, 0.3) is 0 Å². The van der Waals surface area contributed by atoms with Gasteiger partial charge in [-0.25, -0.2) is 0 Å². The molecule has 1 atom stereocenters. The van der Waals surface area contributed by atoms with Crippen molar-refractivity contribution >= 4 is 5.91 Å². The molecule has 1 aliphatic rings. The third-order valence-corrected chi connectivity index (χ3v) is 5.15. The summed E-state index contributed by atoms with van der Waals surface area (Å²) in [5, 5.41) is 6.51. The predicted octanol–water partition coefficient (Wildman–Crippen LogP) is 3.43. The zero-order chi connectivity index (χ0) is 21.3. The molecule has 9 heteroatoms. The van der Waals surface area contributed by atoms with Crippen LogP contribution in [0.15, 0.2) is 53.1 Å². The second-order valence-electron chi connectivity index (χ2n) is 7.10. The average molecular weight is 416 g/mol. The first-order chi connectivity index (χ1) is 14.3. The standard InChI is InChI=1S/C21H19F3N4O2/c1-25-20(29)17-10-13-5-2-3-6-15(13)11-28(17)12-18-26-19(27-30-18)14-7-4-8-16(9-14)21(22,23)24/h2-9,17H,10-12H2,1H3,(H,25,29)/t17-/m1/s1. The number of carbonyl (C=O) groups excluding carboxylic acids is 1. The molecule has 156 valence electrons. The van der Waals surface area contributed by atoms with Crippen molar-refractivity contribution in [3.05, 3.63) is 71.1 Å². The Bertz CT molecular complexity index is 1060. The van der Waals surface area contributed by atoms with Crippen molar-refractivity contribution in [2.75, 3.05) is 7.05 Å². The Hall–Kier alpha value is -3.20. The summed E-state index contributed by atoms with van der Waals surface area (Å²) in [4.78, 5) is 18.6. The van der Waals surface area contributed by atoms with Crippen LogP contribution in [0.5, 0.6) is 0 Å². The van der Waals surface area contributed by atoms with Crippen molar-refractivity contribution in [2.24, 2.45) is 0 Å².